The van der Waals surface area contributed by atoms with E-state index in [-0.39, 0.29) is 5.92 Å². The van der Waals surface area contributed by atoms with Gasteiger partial charge in [-0.3, -0.25) is 0 Å². The zero-order valence-corrected chi connectivity index (χ0v) is 12.8. The van der Waals surface area contributed by atoms with Crippen molar-refractivity contribution in [3.63, 3.8) is 0 Å². The van der Waals surface area contributed by atoms with Gasteiger partial charge >= 0.3 is 5.97 Å². The van der Waals surface area contributed by atoms with Gasteiger partial charge in [-0.05, 0) is 48.4 Å². The number of allylic oxidation sites excluding steroid dienone is 2. The number of hydrogen-bond donors (Lipinski definition) is 2. The van der Waals surface area contributed by atoms with Crippen molar-refractivity contribution in [2.24, 2.45) is 0 Å². The van der Waals surface area contributed by atoms with Gasteiger partial charge in [0, 0.05) is 12.5 Å². The van der Waals surface area contributed by atoms with E-state index in [4.69, 9.17) is 5.11 Å². The summed E-state index contributed by atoms with van der Waals surface area (Å²) in [5, 5.41) is 18.9. The van der Waals surface area contributed by atoms with Crippen LogP contribution < -0.4 is 0 Å². The molecule has 1 aromatic rings. The van der Waals surface area contributed by atoms with Crippen molar-refractivity contribution in [2.45, 2.75) is 45.1 Å². The minimum atomic E-state index is -0.948. The molecule has 3 nitrogen and oxygen atoms in total. The van der Waals surface area contributed by atoms with E-state index in [9.17, 15) is 9.90 Å². The third kappa shape index (κ3) is 3.61. The lowest BCUT2D eigenvalue weighted by Crippen LogP contribution is -2.34. The molecular formula is C18H22O3. The molecule has 0 unspecified atom stereocenters. The van der Waals surface area contributed by atoms with Crippen LogP contribution in [0.1, 0.15) is 48.4 Å². The molecule has 0 aromatic heterocycles. The predicted molar refractivity (Wildman–Crippen MR) is 84.3 cm³/mol. The molecule has 0 fully saturated rings. The Morgan fingerprint density at radius 2 is 2.10 bits per heavy atom. The van der Waals surface area contributed by atoms with E-state index in [0.717, 1.165) is 18.1 Å². The van der Waals surface area contributed by atoms with E-state index in [0.29, 0.717) is 6.42 Å². The number of rotatable bonds is 3. The second-order valence-corrected chi connectivity index (χ2v) is 6.20. The van der Waals surface area contributed by atoms with Gasteiger partial charge in [0.05, 0.1) is 5.60 Å². The Morgan fingerprint density at radius 1 is 1.38 bits per heavy atom. The summed E-state index contributed by atoms with van der Waals surface area (Å²) in [5.74, 6) is -0.664. The van der Waals surface area contributed by atoms with E-state index in [2.05, 4.69) is 26.0 Å². The summed E-state index contributed by atoms with van der Waals surface area (Å²) < 4.78 is 0. The Bertz CT molecular complexity index is 609. The highest BCUT2D eigenvalue weighted by atomic mass is 16.4. The maximum atomic E-state index is 10.5. The zero-order chi connectivity index (χ0) is 15.6. The zero-order valence-electron chi connectivity index (χ0n) is 12.8. The minimum absolute atomic E-state index is 0.284. The highest BCUT2D eigenvalue weighted by Crippen LogP contribution is 2.40. The Labute approximate surface area is 125 Å². The molecular weight excluding hydrogens is 264 g/mol. The summed E-state index contributed by atoms with van der Waals surface area (Å²) in [7, 11) is 0. The van der Waals surface area contributed by atoms with Gasteiger partial charge in [0.1, 0.15) is 0 Å². The average molecular weight is 286 g/mol. The van der Waals surface area contributed by atoms with Crippen molar-refractivity contribution in [1.29, 1.82) is 0 Å². The number of aryl methyl sites for hydroxylation is 1. The fraction of sp³-hybridized carbons (Fsp3) is 0.389. The van der Waals surface area contributed by atoms with Crippen molar-refractivity contribution in [3.05, 3.63) is 52.6 Å². The lowest BCUT2D eigenvalue weighted by Gasteiger charge is -2.35. The average Bonchev–Trinajstić information content (AvgIpc) is 2.35. The second-order valence-electron chi connectivity index (χ2n) is 6.20. The molecule has 1 aliphatic rings. The number of carboxylic acids is 1. The number of aliphatic hydroxyl groups is 1. The normalized spacial score (nSPS) is 25.4. The summed E-state index contributed by atoms with van der Waals surface area (Å²) in [6, 6.07) is 4.16. The van der Waals surface area contributed by atoms with Crippen LogP contribution in [0.3, 0.4) is 0 Å². The van der Waals surface area contributed by atoms with Crippen molar-refractivity contribution < 1.29 is 15.0 Å². The first-order valence-electron chi connectivity index (χ1n) is 7.22. The molecule has 2 N–H and O–H groups in total. The quantitative estimate of drug-likeness (QED) is 0.661. The van der Waals surface area contributed by atoms with E-state index in [1.165, 1.54) is 22.8 Å². The molecule has 1 aromatic carbocycles. The maximum Gasteiger partial charge on any atom is 0.328 e. The van der Waals surface area contributed by atoms with Gasteiger partial charge in [-0.25, -0.2) is 4.79 Å². The first kappa shape index (κ1) is 15.5. The summed E-state index contributed by atoms with van der Waals surface area (Å²) in [6.45, 7) is 6.08. The summed E-state index contributed by atoms with van der Waals surface area (Å²) in [4.78, 5) is 10.5. The van der Waals surface area contributed by atoms with Crippen molar-refractivity contribution in [3.8, 4) is 0 Å². The third-order valence-corrected chi connectivity index (χ3v) is 4.02. The lowest BCUT2D eigenvalue weighted by atomic mass is 9.73. The highest BCUT2D eigenvalue weighted by molar-refractivity contribution is 5.80. The predicted octanol–water partition coefficient (Wildman–Crippen LogP) is 3.45. The van der Waals surface area contributed by atoms with Crippen LogP contribution in [-0.4, -0.2) is 21.8 Å². The van der Waals surface area contributed by atoms with Gasteiger partial charge in [0.25, 0.3) is 0 Å². The molecule has 0 spiro atoms. The molecule has 21 heavy (non-hydrogen) atoms. The lowest BCUT2D eigenvalue weighted by molar-refractivity contribution is -0.131. The van der Waals surface area contributed by atoms with Gasteiger partial charge in [0.2, 0.25) is 0 Å². The first-order chi connectivity index (χ1) is 9.80. The second kappa shape index (κ2) is 5.86. The highest BCUT2D eigenvalue weighted by Gasteiger charge is 2.32. The van der Waals surface area contributed by atoms with E-state index < -0.39 is 11.6 Å². The van der Waals surface area contributed by atoms with Gasteiger partial charge < -0.3 is 10.2 Å². The van der Waals surface area contributed by atoms with Crippen LogP contribution in [0.2, 0.25) is 0 Å². The summed E-state index contributed by atoms with van der Waals surface area (Å²) in [6.07, 6.45) is 7.79. The fourth-order valence-corrected chi connectivity index (χ4v) is 3.28. The number of benzene rings is 1. The standard InChI is InChI=1S/C18H22O3/c1-12-8-9-14-11-18(3,21)10-13(2)17(14)15(12)6-4-5-7-16(19)20/h4-9,13,21H,10-11H2,1-3H3,(H,19,20)/b6-4?,7-5+/t13-,18-/m1/s1. The molecule has 0 radical (unpaired) electrons. The number of aliphatic carboxylic acids is 1. The molecule has 0 bridgehead atoms. The van der Waals surface area contributed by atoms with E-state index in [1.807, 2.05) is 13.0 Å². The van der Waals surface area contributed by atoms with Crippen LogP contribution in [-0.2, 0) is 11.2 Å². The molecule has 0 aliphatic heterocycles. The number of fused-ring (bicyclic) bond motifs is 1. The van der Waals surface area contributed by atoms with Crippen LogP contribution >= 0.6 is 0 Å². The van der Waals surface area contributed by atoms with Gasteiger partial charge in [-0.1, -0.05) is 37.3 Å². The summed E-state index contributed by atoms with van der Waals surface area (Å²) in [5.41, 5.74) is 4.13. The maximum absolute atomic E-state index is 10.5. The minimum Gasteiger partial charge on any atom is -0.478 e. The van der Waals surface area contributed by atoms with E-state index >= 15 is 0 Å². The van der Waals surface area contributed by atoms with Crippen LogP contribution in [0.25, 0.3) is 6.08 Å². The molecule has 2 rings (SSSR count). The van der Waals surface area contributed by atoms with Crippen LogP contribution in [0.4, 0.5) is 0 Å². The van der Waals surface area contributed by atoms with Gasteiger partial charge in [-0.2, -0.15) is 0 Å². The molecule has 0 saturated heterocycles. The van der Waals surface area contributed by atoms with Gasteiger partial charge in [-0.15, -0.1) is 0 Å². The third-order valence-electron chi connectivity index (χ3n) is 4.02. The SMILES string of the molecule is Cc1ccc2c(c1C=C/C=C/C(=O)O)[C@H](C)C[C@@](C)(O)C2. The summed E-state index contributed by atoms with van der Waals surface area (Å²) >= 11 is 0. The Balaban J connectivity index is 2.41. The Kier molecular flexibility index (Phi) is 4.33. The number of hydrogen-bond acceptors (Lipinski definition) is 2. The monoisotopic (exact) mass is 286 g/mol. The number of carbonyl (C=O) groups is 1. The molecule has 2 atom stereocenters. The van der Waals surface area contributed by atoms with Gasteiger partial charge in [0.15, 0.2) is 0 Å². The van der Waals surface area contributed by atoms with E-state index in [1.54, 1.807) is 6.08 Å². The molecule has 3 heteroatoms. The van der Waals surface area contributed by atoms with Crippen molar-refractivity contribution in [2.75, 3.05) is 0 Å². The number of carboxylic acid groups (broad SMARTS) is 1. The largest absolute Gasteiger partial charge is 0.478 e. The van der Waals surface area contributed by atoms with Crippen molar-refractivity contribution in [1.82, 2.24) is 0 Å². The van der Waals surface area contributed by atoms with Crippen LogP contribution in [0.5, 0.6) is 0 Å². The molecule has 1 aliphatic carbocycles. The molecule has 0 heterocycles. The van der Waals surface area contributed by atoms with Crippen molar-refractivity contribution >= 4 is 12.0 Å². The topological polar surface area (TPSA) is 57.5 Å². The van der Waals surface area contributed by atoms with Crippen LogP contribution in [0, 0.1) is 6.92 Å². The fourth-order valence-electron chi connectivity index (χ4n) is 3.28. The molecule has 0 saturated carbocycles. The van der Waals surface area contributed by atoms with Crippen LogP contribution in [0.15, 0.2) is 30.4 Å². The molecule has 0 amide bonds. The Morgan fingerprint density at radius 3 is 2.76 bits per heavy atom. The molecule has 112 valence electrons. The first-order valence-corrected chi connectivity index (χ1v) is 7.22. The smallest absolute Gasteiger partial charge is 0.328 e. The Hall–Kier alpha value is -1.87.